The highest BCUT2D eigenvalue weighted by Crippen LogP contribution is 2.33. The summed E-state index contributed by atoms with van der Waals surface area (Å²) in [6.07, 6.45) is 0.466. The van der Waals surface area contributed by atoms with Crippen LogP contribution in [0.4, 0.5) is 5.00 Å². The molecule has 8 heteroatoms. The molecule has 0 atom stereocenters. The highest BCUT2D eigenvalue weighted by molar-refractivity contribution is 7.16. The minimum Gasteiger partial charge on any atom is -0.465 e. The van der Waals surface area contributed by atoms with Crippen molar-refractivity contribution in [2.75, 3.05) is 12.4 Å². The molecular weight excluding hydrogens is 378 g/mol. The summed E-state index contributed by atoms with van der Waals surface area (Å²) >= 11 is 1.35. The van der Waals surface area contributed by atoms with Gasteiger partial charge in [0.2, 0.25) is 17.6 Å². The number of nitrogens with one attached hydrogen (secondary N) is 1. The smallest absolute Gasteiger partial charge is 0.341 e. The average molecular weight is 399 g/mol. The van der Waals surface area contributed by atoms with E-state index >= 15 is 0 Å². The van der Waals surface area contributed by atoms with Crippen LogP contribution >= 0.6 is 11.3 Å². The fourth-order valence-corrected chi connectivity index (χ4v) is 3.71. The summed E-state index contributed by atoms with van der Waals surface area (Å²) in [5.41, 5.74) is 3.22. The Bertz CT molecular complexity index is 1010. The van der Waals surface area contributed by atoms with Crippen LogP contribution in [-0.4, -0.2) is 29.1 Å². The lowest BCUT2D eigenvalue weighted by molar-refractivity contribution is -0.116. The van der Waals surface area contributed by atoms with Crippen molar-refractivity contribution < 1.29 is 18.8 Å². The number of carbonyl (C=O) groups is 2. The Morgan fingerprint density at radius 1 is 1.18 bits per heavy atom. The van der Waals surface area contributed by atoms with E-state index in [1.807, 2.05) is 45.0 Å². The fourth-order valence-electron chi connectivity index (χ4n) is 2.65. The summed E-state index contributed by atoms with van der Waals surface area (Å²) in [5.74, 6) is 0.184. The molecule has 0 aliphatic rings. The highest BCUT2D eigenvalue weighted by Gasteiger charge is 2.21. The van der Waals surface area contributed by atoms with Crippen LogP contribution in [0.3, 0.4) is 0 Å². The van der Waals surface area contributed by atoms with Crippen molar-refractivity contribution in [2.24, 2.45) is 0 Å². The van der Waals surface area contributed by atoms with Crippen molar-refractivity contribution in [1.82, 2.24) is 10.1 Å². The maximum atomic E-state index is 12.3. The van der Waals surface area contributed by atoms with E-state index in [9.17, 15) is 9.59 Å². The van der Waals surface area contributed by atoms with Crippen LogP contribution in [0, 0.1) is 20.8 Å². The first kappa shape index (κ1) is 19.8. The molecule has 0 unspecified atom stereocenters. The summed E-state index contributed by atoms with van der Waals surface area (Å²) in [7, 11) is 1.32. The Morgan fingerprint density at radius 3 is 2.57 bits per heavy atom. The molecule has 146 valence electrons. The van der Waals surface area contributed by atoms with Gasteiger partial charge < -0.3 is 14.6 Å². The summed E-state index contributed by atoms with van der Waals surface area (Å²) in [4.78, 5) is 29.6. The van der Waals surface area contributed by atoms with E-state index in [4.69, 9.17) is 9.26 Å². The minimum absolute atomic E-state index is 0.159. The first-order chi connectivity index (χ1) is 13.4. The largest absolute Gasteiger partial charge is 0.465 e. The Labute approximate surface area is 166 Å². The summed E-state index contributed by atoms with van der Waals surface area (Å²) in [6, 6.07) is 7.80. The molecule has 7 nitrogen and oxygen atoms in total. The number of amides is 1. The van der Waals surface area contributed by atoms with Crippen LogP contribution < -0.4 is 5.32 Å². The predicted octanol–water partition coefficient (Wildman–Crippen LogP) is 4.08. The molecule has 0 aliphatic carbocycles. The number of anilines is 1. The van der Waals surface area contributed by atoms with Gasteiger partial charge in [0.25, 0.3) is 0 Å². The van der Waals surface area contributed by atoms with Gasteiger partial charge in [0.05, 0.1) is 12.7 Å². The summed E-state index contributed by atoms with van der Waals surface area (Å²) in [5, 5.41) is 7.25. The van der Waals surface area contributed by atoms with Gasteiger partial charge in [0.1, 0.15) is 5.00 Å². The van der Waals surface area contributed by atoms with Crippen LogP contribution in [0.15, 0.2) is 28.8 Å². The molecule has 1 amide bonds. The van der Waals surface area contributed by atoms with Crippen molar-refractivity contribution >= 4 is 28.2 Å². The van der Waals surface area contributed by atoms with E-state index in [1.165, 1.54) is 18.4 Å². The van der Waals surface area contributed by atoms with Crippen molar-refractivity contribution in [3.8, 4) is 11.4 Å². The van der Waals surface area contributed by atoms with E-state index in [2.05, 4.69) is 15.5 Å². The number of hydrogen-bond acceptors (Lipinski definition) is 7. The summed E-state index contributed by atoms with van der Waals surface area (Å²) < 4.78 is 10.1. The molecule has 0 radical (unpaired) electrons. The van der Waals surface area contributed by atoms with E-state index in [1.54, 1.807) is 0 Å². The van der Waals surface area contributed by atoms with E-state index in [0.29, 0.717) is 28.7 Å². The molecule has 0 saturated heterocycles. The van der Waals surface area contributed by atoms with Gasteiger partial charge in [-0.25, -0.2) is 4.79 Å². The average Bonchev–Trinajstić information content (AvgIpc) is 3.25. The van der Waals surface area contributed by atoms with Gasteiger partial charge >= 0.3 is 5.97 Å². The number of nitrogens with zero attached hydrogens (tertiary/aromatic N) is 2. The zero-order valence-corrected chi connectivity index (χ0v) is 17.0. The number of carbonyl (C=O) groups excluding carboxylic acids is 2. The number of benzene rings is 1. The molecule has 2 heterocycles. The topological polar surface area (TPSA) is 94.3 Å². The standard InChI is InChI=1S/C20H21N3O4S/c1-11-5-7-14(8-6-11)18-22-16(27-23-18)10-9-15(24)21-19-17(20(25)26-4)12(2)13(3)28-19/h5-8H,9-10H2,1-4H3,(H,21,24). The minimum atomic E-state index is -0.461. The third-order valence-electron chi connectivity index (χ3n) is 4.37. The molecule has 0 fully saturated rings. The maximum Gasteiger partial charge on any atom is 0.341 e. The van der Waals surface area contributed by atoms with Crippen LogP contribution in [0.1, 0.15) is 38.7 Å². The molecule has 0 bridgehead atoms. The third kappa shape index (κ3) is 4.28. The Morgan fingerprint density at radius 2 is 1.89 bits per heavy atom. The molecule has 0 aliphatic heterocycles. The monoisotopic (exact) mass is 399 g/mol. The number of ether oxygens (including phenoxy) is 1. The van der Waals surface area contributed by atoms with Gasteiger partial charge in [-0.1, -0.05) is 35.0 Å². The van der Waals surface area contributed by atoms with Crippen LogP contribution in [-0.2, 0) is 16.0 Å². The predicted molar refractivity (Wildman–Crippen MR) is 107 cm³/mol. The van der Waals surface area contributed by atoms with Crippen molar-refractivity contribution in [3.05, 3.63) is 51.7 Å². The normalized spacial score (nSPS) is 10.7. The molecule has 1 N–H and O–H groups in total. The Balaban J connectivity index is 1.63. The van der Waals surface area contributed by atoms with Gasteiger partial charge in [-0.3, -0.25) is 4.79 Å². The van der Waals surface area contributed by atoms with Gasteiger partial charge in [-0.2, -0.15) is 4.98 Å². The SMILES string of the molecule is COC(=O)c1c(NC(=O)CCc2nc(-c3ccc(C)cc3)no2)sc(C)c1C. The molecular formula is C20H21N3O4S. The number of thiophene rings is 1. The first-order valence-corrected chi connectivity index (χ1v) is 9.58. The molecule has 2 aromatic heterocycles. The molecule has 1 aromatic carbocycles. The molecule has 28 heavy (non-hydrogen) atoms. The van der Waals surface area contributed by atoms with Crippen molar-refractivity contribution in [3.63, 3.8) is 0 Å². The lowest BCUT2D eigenvalue weighted by Gasteiger charge is -2.05. The zero-order valence-electron chi connectivity index (χ0n) is 16.2. The number of aromatic nitrogens is 2. The molecule has 0 saturated carbocycles. The van der Waals surface area contributed by atoms with Crippen LogP contribution in [0.5, 0.6) is 0 Å². The highest BCUT2D eigenvalue weighted by atomic mass is 32.1. The number of esters is 1. The number of hydrogen-bond donors (Lipinski definition) is 1. The fraction of sp³-hybridized carbons (Fsp3) is 0.300. The van der Waals surface area contributed by atoms with E-state index in [-0.39, 0.29) is 12.3 Å². The first-order valence-electron chi connectivity index (χ1n) is 8.76. The quantitative estimate of drug-likeness (QED) is 0.628. The third-order valence-corrected chi connectivity index (χ3v) is 5.49. The van der Waals surface area contributed by atoms with Crippen molar-refractivity contribution in [2.45, 2.75) is 33.6 Å². The lowest BCUT2D eigenvalue weighted by Crippen LogP contribution is -2.14. The van der Waals surface area contributed by atoms with E-state index in [0.717, 1.165) is 21.6 Å². The van der Waals surface area contributed by atoms with E-state index < -0.39 is 5.97 Å². The number of aryl methyl sites for hydroxylation is 3. The summed E-state index contributed by atoms with van der Waals surface area (Å²) in [6.45, 7) is 5.73. The Hall–Kier alpha value is -3.00. The number of rotatable bonds is 6. The molecule has 3 aromatic rings. The second-order valence-electron chi connectivity index (χ2n) is 6.40. The lowest BCUT2D eigenvalue weighted by atomic mass is 10.1. The zero-order chi connectivity index (χ0) is 20.3. The second kappa shape index (κ2) is 8.35. The maximum absolute atomic E-state index is 12.3. The van der Waals surface area contributed by atoms with Gasteiger partial charge in [0, 0.05) is 23.3 Å². The van der Waals surface area contributed by atoms with Crippen LogP contribution in [0.25, 0.3) is 11.4 Å². The molecule has 0 spiro atoms. The number of methoxy groups -OCH3 is 1. The van der Waals surface area contributed by atoms with Gasteiger partial charge in [0.15, 0.2) is 0 Å². The second-order valence-corrected chi connectivity index (χ2v) is 7.63. The molecule has 3 rings (SSSR count). The van der Waals surface area contributed by atoms with Crippen molar-refractivity contribution in [1.29, 1.82) is 0 Å². The van der Waals surface area contributed by atoms with Gasteiger partial charge in [-0.15, -0.1) is 11.3 Å². The van der Waals surface area contributed by atoms with Gasteiger partial charge in [-0.05, 0) is 26.3 Å². The van der Waals surface area contributed by atoms with Crippen LogP contribution in [0.2, 0.25) is 0 Å². The Kier molecular flexibility index (Phi) is 5.89.